The van der Waals surface area contributed by atoms with Crippen molar-refractivity contribution in [3.05, 3.63) is 78.1 Å². The molecule has 0 radical (unpaired) electrons. The highest BCUT2D eigenvalue weighted by molar-refractivity contribution is 6.02. The second kappa shape index (κ2) is 12.4. The number of carbonyl (C=O) groups excluding carboxylic acids is 2. The molecule has 0 saturated carbocycles. The fraction of sp³-hybridized carbons (Fsp3) is 0.310. The van der Waals surface area contributed by atoms with Crippen LogP contribution in [0.5, 0.6) is 11.5 Å². The Bertz CT molecular complexity index is 1450. The lowest BCUT2D eigenvalue weighted by molar-refractivity contribution is -0.127. The molecular weight excluding hydrogens is 501 g/mol. The summed E-state index contributed by atoms with van der Waals surface area (Å²) in [5.41, 5.74) is 1.92. The van der Waals surface area contributed by atoms with E-state index in [2.05, 4.69) is 29.5 Å². The third-order valence-corrected chi connectivity index (χ3v) is 6.32. The van der Waals surface area contributed by atoms with Crippen LogP contribution in [-0.4, -0.2) is 47.6 Å². The molecule has 0 fully saturated rings. The molecule has 0 spiro atoms. The van der Waals surface area contributed by atoms with Gasteiger partial charge in [-0.15, -0.1) is 5.10 Å². The molecule has 1 heterocycles. The van der Waals surface area contributed by atoms with Crippen LogP contribution in [0.4, 0.5) is 10.1 Å². The number of amides is 2. The van der Waals surface area contributed by atoms with Gasteiger partial charge < -0.3 is 14.8 Å². The summed E-state index contributed by atoms with van der Waals surface area (Å²) in [5, 5.41) is 11.2. The standard InChI is InChI=1S/C29H32FN5O4/c1-19(2)14-15-31-29(37)28(23-13-12-22(38-3)17-26(23)39-4)35(21-9-7-8-20(30)16-21)27(36)18-34-25-11-6-5-10-24(25)32-33-34/h5-13,16-17,19,28H,14-15,18H2,1-4H3,(H,31,37)/t28-/m0/s1. The summed E-state index contributed by atoms with van der Waals surface area (Å²) in [6.07, 6.45) is 0.747. The van der Waals surface area contributed by atoms with Gasteiger partial charge >= 0.3 is 0 Å². The number of fused-ring (bicyclic) bond motifs is 1. The molecule has 0 bridgehead atoms. The van der Waals surface area contributed by atoms with Crippen LogP contribution < -0.4 is 19.7 Å². The van der Waals surface area contributed by atoms with Gasteiger partial charge in [-0.2, -0.15) is 0 Å². The van der Waals surface area contributed by atoms with Crippen molar-refractivity contribution in [1.82, 2.24) is 20.3 Å². The average molecular weight is 534 g/mol. The van der Waals surface area contributed by atoms with Gasteiger partial charge in [0.1, 0.15) is 35.4 Å². The van der Waals surface area contributed by atoms with Crippen molar-refractivity contribution >= 4 is 28.5 Å². The van der Waals surface area contributed by atoms with Crippen molar-refractivity contribution in [2.75, 3.05) is 25.7 Å². The van der Waals surface area contributed by atoms with Crippen molar-refractivity contribution in [2.24, 2.45) is 5.92 Å². The molecule has 9 nitrogen and oxygen atoms in total. The molecule has 0 aliphatic carbocycles. The Morgan fingerprint density at radius 1 is 1.03 bits per heavy atom. The monoisotopic (exact) mass is 533 g/mol. The van der Waals surface area contributed by atoms with E-state index in [0.29, 0.717) is 40.6 Å². The predicted octanol–water partition coefficient (Wildman–Crippen LogP) is 4.52. The molecule has 0 saturated heterocycles. The number of carbonyl (C=O) groups is 2. The zero-order valence-electron chi connectivity index (χ0n) is 22.4. The van der Waals surface area contributed by atoms with E-state index in [4.69, 9.17) is 9.47 Å². The second-order valence-electron chi connectivity index (χ2n) is 9.46. The van der Waals surface area contributed by atoms with Gasteiger partial charge in [0.25, 0.3) is 0 Å². The highest BCUT2D eigenvalue weighted by atomic mass is 19.1. The van der Waals surface area contributed by atoms with Crippen molar-refractivity contribution in [2.45, 2.75) is 32.9 Å². The van der Waals surface area contributed by atoms with E-state index in [1.54, 1.807) is 36.4 Å². The first-order chi connectivity index (χ1) is 18.8. The number of benzene rings is 3. The molecule has 0 aliphatic heterocycles. The van der Waals surface area contributed by atoms with Gasteiger partial charge in [0.2, 0.25) is 11.8 Å². The summed E-state index contributed by atoms with van der Waals surface area (Å²) < 4.78 is 26.9. The fourth-order valence-electron chi connectivity index (χ4n) is 4.32. The molecule has 1 N–H and O–H groups in total. The minimum Gasteiger partial charge on any atom is -0.497 e. The van der Waals surface area contributed by atoms with Crippen LogP contribution in [0.1, 0.15) is 31.9 Å². The van der Waals surface area contributed by atoms with E-state index in [9.17, 15) is 14.0 Å². The van der Waals surface area contributed by atoms with Crippen LogP contribution >= 0.6 is 0 Å². The number of hydrogen-bond acceptors (Lipinski definition) is 6. The maximum absolute atomic E-state index is 14.5. The molecule has 2 amide bonds. The number of hydrogen-bond donors (Lipinski definition) is 1. The number of nitrogens with zero attached hydrogens (tertiary/aromatic N) is 4. The lowest BCUT2D eigenvalue weighted by Gasteiger charge is -2.32. The zero-order valence-corrected chi connectivity index (χ0v) is 22.4. The number of para-hydroxylation sites is 1. The van der Waals surface area contributed by atoms with E-state index in [0.717, 1.165) is 6.42 Å². The quantitative estimate of drug-likeness (QED) is 0.304. The Morgan fingerprint density at radius 2 is 1.82 bits per heavy atom. The molecular formula is C29H32FN5O4. The van der Waals surface area contributed by atoms with E-state index < -0.39 is 23.7 Å². The van der Waals surface area contributed by atoms with Crippen molar-refractivity contribution < 1.29 is 23.5 Å². The molecule has 1 aromatic heterocycles. The predicted molar refractivity (Wildman–Crippen MR) is 146 cm³/mol. The largest absolute Gasteiger partial charge is 0.497 e. The van der Waals surface area contributed by atoms with Gasteiger partial charge in [-0.05, 0) is 54.8 Å². The van der Waals surface area contributed by atoms with Gasteiger partial charge in [-0.1, -0.05) is 37.3 Å². The number of nitrogens with one attached hydrogen (secondary N) is 1. The first-order valence-corrected chi connectivity index (χ1v) is 12.7. The Balaban J connectivity index is 1.83. The first-order valence-electron chi connectivity index (χ1n) is 12.7. The van der Waals surface area contributed by atoms with Gasteiger partial charge in [0.05, 0.1) is 19.7 Å². The molecule has 1 atom stereocenters. The molecule has 4 aromatic rings. The third-order valence-electron chi connectivity index (χ3n) is 6.32. The smallest absolute Gasteiger partial charge is 0.249 e. The van der Waals surface area contributed by atoms with Crippen molar-refractivity contribution in [1.29, 1.82) is 0 Å². The van der Waals surface area contributed by atoms with Crippen LogP contribution in [0.3, 0.4) is 0 Å². The number of anilines is 1. The van der Waals surface area contributed by atoms with Crippen LogP contribution in [-0.2, 0) is 16.1 Å². The first kappa shape index (κ1) is 27.6. The maximum atomic E-state index is 14.5. The summed E-state index contributed by atoms with van der Waals surface area (Å²) >= 11 is 0. The average Bonchev–Trinajstić information content (AvgIpc) is 3.33. The summed E-state index contributed by atoms with van der Waals surface area (Å²) in [6, 6.07) is 16.7. The highest BCUT2D eigenvalue weighted by Crippen LogP contribution is 2.36. The zero-order chi connectivity index (χ0) is 27.9. The van der Waals surface area contributed by atoms with E-state index in [-0.39, 0.29) is 12.2 Å². The number of aromatic nitrogens is 3. The lowest BCUT2D eigenvalue weighted by atomic mass is 10.0. The Hall–Kier alpha value is -4.47. The molecule has 39 heavy (non-hydrogen) atoms. The van der Waals surface area contributed by atoms with Gasteiger partial charge in [-0.25, -0.2) is 9.07 Å². The summed E-state index contributed by atoms with van der Waals surface area (Å²) in [6.45, 7) is 4.29. The lowest BCUT2D eigenvalue weighted by Crippen LogP contribution is -2.45. The molecule has 204 valence electrons. The van der Waals surface area contributed by atoms with E-state index in [1.165, 1.54) is 42.0 Å². The summed E-state index contributed by atoms with van der Waals surface area (Å²) in [5.74, 6) is -0.234. The van der Waals surface area contributed by atoms with Crippen LogP contribution in [0, 0.1) is 11.7 Å². The summed E-state index contributed by atoms with van der Waals surface area (Å²) in [7, 11) is 3.00. The number of methoxy groups -OCH3 is 2. The minimum atomic E-state index is -1.18. The van der Waals surface area contributed by atoms with Gasteiger partial charge in [0.15, 0.2) is 0 Å². The number of rotatable bonds is 11. The van der Waals surface area contributed by atoms with Crippen LogP contribution in [0.15, 0.2) is 66.7 Å². The molecule has 4 rings (SSSR count). The van der Waals surface area contributed by atoms with Gasteiger partial charge in [-0.3, -0.25) is 14.5 Å². The normalized spacial score (nSPS) is 11.8. The van der Waals surface area contributed by atoms with E-state index in [1.807, 2.05) is 12.1 Å². The molecule has 0 unspecified atom stereocenters. The van der Waals surface area contributed by atoms with E-state index >= 15 is 0 Å². The number of ether oxygens (including phenoxy) is 2. The Morgan fingerprint density at radius 3 is 2.54 bits per heavy atom. The Kier molecular flexibility index (Phi) is 8.75. The van der Waals surface area contributed by atoms with Crippen LogP contribution in [0.2, 0.25) is 0 Å². The maximum Gasteiger partial charge on any atom is 0.249 e. The highest BCUT2D eigenvalue weighted by Gasteiger charge is 2.35. The SMILES string of the molecule is COc1ccc([C@@H](C(=O)NCCC(C)C)N(C(=O)Cn2nnc3ccccc32)c2cccc(F)c2)c(OC)c1. The molecule has 0 aliphatic rings. The molecule has 3 aromatic carbocycles. The van der Waals surface area contributed by atoms with Crippen molar-refractivity contribution in [3.8, 4) is 11.5 Å². The third kappa shape index (κ3) is 6.34. The van der Waals surface area contributed by atoms with Crippen LogP contribution in [0.25, 0.3) is 11.0 Å². The minimum absolute atomic E-state index is 0.214. The number of halogens is 1. The Labute approximate surface area is 226 Å². The fourth-order valence-corrected chi connectivity index (χ4v) is 4.32. The van der Waals surface area contributed by atoms with Gasteiger partial charge in [0, 0.05) is 23.9 Å². The summed E-state index contributed by atoms with van der Waals surface area (Å²) in [4.78, 5) is 29.2. The molecule has 10 heteroatoms. The second-order valence-corrected chi connectivity index (χ2v) is 9.46. The van der Waals surface area contributed by atoms with Crippen molar-refractivity contribution in [3.63, 3.8) is 0 Å². The topological polar surface area (TPSA) is 98.6 Å².